The summed E-state index contributed by atoms with van der Waals surface area (Å²) < 4.78 is 5.50. The highest BCUT2D eigenvalue weighted by atomic mass is 16.5. The van der Waals surface area contributed by atoms with Crippen LogP contribution in [0.5, 0.6) is 0 Å². The molecule has 1 fully saturated rings. The molecule has 0 aliphatic carbocycles. The molecular weight excluding hydrogens is 234 g/mol. The van der Waals surface area contributed by atoms with Crippen LogP contribution in [0.15, 0.2) is 12.4 Å². The number of rotatable bonds is 3. The predicted octanol–water partition coefficient (Wildman–Crippen LogP) is 1.18. The lowest BCUT2D eigenvalue weighted by molar-refractivity contribution is -0.00482. The summed E-state index contributed by atoms with van der Waals surface area (Å²) in [5.41, 5.74) is -0.240. The lowest BCUT2D eigenvalue weighted by Gasteiger charge is -2.39. The number of hydrogen-bond donors (Lipinski definition) is 1. The zero-order valence-corrected chi connectivity index (χ0v) is 10.6. The fourth-order valence-corrected chi connectivity index (χ4v) is 2.18. The predicted molar refractivity (Wildman–Crippen MR) is 65.9 cm³/mol. The van der Waals surface area contributed by atoms with Gasteiger partial charge in [0, 0.05) is 20.2 Å². The molecule has 6 heteroatoms. The van der Waals surface area contributed by atoms with Crippen molar-refractivity contribution in [1.29, 1.82) is 0 Å². The standard InChI is InChI=1S/C12H17N3O3/c1-12(18-2)4-3-5-15(8-12)10-7-13-6-9(14-10)11(16)17/h6-7H,3-5,8H2,1-2H3,(H,16,17). The Bertz CT molecular complexity index is 452. The first-order valence-electron chi connectivity index (χ1n) is 5.89. The van der Waals surface area contributed by atoms with E-state index in [1.54, 1.807) is 13.3 Å². The van der Waals surface area contributed by atoms with Crippen LogP contribution in [0, 0.1) is 0 Å². The summed E-state index contributed by atoms with van der Waals surface area (Å²) in [6.07, 6.45) is 4.83. The van der Waals surface area contributed by atoms with E-state index in [4.69, 9.17) is 9.84 Å². The van der Waals surface area contributed by atoms with Crippen LogP contribution in [0.2, 0.25) is 0 Å². The van der Waals surface area contributed by atoms with E-state index >= 15 is 0 Å². The molecule has 0 radical (unpaired) electrons. The Kier molecular flexibility index (Phi) is 3.47. The second-order valence-corrected chi connectivity index (χ2v) is 4.75. The van der Waals surface area contributed by atoms with Gasteiger partial charge in [-0.05, 0) is 19.8 Å². The van der Waals surface area contributed by atoms with Crippen molar-refractivity contribution in [3.8, 4) is 0 Å². The van der Waals surface area contributed by atoms with Crippen LogP contribution in [0.1, 0.15) is 30.3 Å². The fourth-order valence-electron chi connectivity index (χ4n) is 2.18. The van der Waals surface area contributed by atoms with Crippen LogP contribution in [0.4, 0.5) is 5.82 Å². The van der Waals surface area contributed by atoms with Crippen LogP contribution < -0.4 is 4.90 Å². The molecule has 1 unspecified atom stereocenters. The van der Waals surface area contributed by atoms with Gasteiger partial charge in [-0.2, -0.15) is 0 Å². The van der Waals surface area contributed by atoms with Crippen LogP contribution in [-0.4, -0.2) is 46.8 Å². The summed E-state index contributed by atoms with van der Waals surface area (Å²) in [7, 11) is 1.70. The summed E-state index contributed by atoms with van der Waals surface area (Å²) in [5, 5.41) is 8.91. The smallest absolute Gasteiger partial charge is 0.356 e. The summed E-state index contributed by atoms with van der Waals surface area (Å²) in [5.74, 6) is -0.464. The third kappa shape index (κ3) is 2.59. The van der Waals surface area contributed by atoms with E-state index in [-0.39, 0.29) is 11.3 Å². The monoisotopic (exact) mass is 251 g/mol. The molecule has 0 saturated carbocycles. The first-order chi connectivity index (χ1) is 8.54. The number of hydrogen-bond acceptors (Lipinski definition) is 5. The summed E-state index contributed by atoms with van der Waals surface area (Å²) in [6.45, 7) is 3.59. The van der Waals surface area contributed by atoms with Gasteiger partial charge in [-0.3, -0.25) is 4.98 Å². The highest BCUT2D eigenvalue weighted by molar-refractivity contribution is 5.85. The average Bonchev–Trinajstić information content (AvgIpc) is 2.39. The summed E-state index contributed by atoms with van der Waals surface area (Å²) in [4.78, 5) is 20.9. The number of anilines is 1. The number of nitrogens with zero attached hydrogens (tertiary/aromatic N) is 3. The Hall–Kier alpha value is -1.69. The van der Waals surface area contributed by atoms with Crippen molar-refractivity contribution in [2.24, 2.45) is 0 Å². The second kappa shape index (κ2) is 4.89. The Morgan fingerprint density at radius 2 is 2.33 bits per heavy atom. The molecule has 6 nitrogen and oxygen atoms in total. The van der Waals surface area contributed by atoms with Gasteiger partial charge >= 0.3 is 5.97 Å². The second-order valence-electron chi connectivity index (χ2n) is 4.75. The Morgan fingerprint density at radius 1 is 1.56 bits per heavy atom. The lowest BCUT2D eigenvalue weighted by Crippen LogP contribution is -2.47. The maximum atomic E-state index is 10.9. The van der Waals surface area contributed by atoms with E-state index in [2.05, 4.69) is 9.97 Å². The summed E-state index contributed by atoms with van der Waals surface area (Å²) >= 11 is 0. The third-order valence-electron chi connectivity index (χ3n) is 3.32. The largest absolute Gasteiger partial charge is 0.476 e. The van der Waals surface area contributed by atoms with Crippen molar-refractivity contribution in [3.63, 3.8) is 0 Å². The van der Waals surface area contributed by atoms with Crippen LogP contribution in [-0.2, 0) is 4.74 Å². The van der Waals surface area contributed by atoms with Crippen LogP contribution in [0.25, 0.3) is 0 Å². The zero-order valence-electron chi connectivity index (χ0n) is 10.6. The van der Waals surface area contributed by atoms with Crippen molar-refractivity contribution in [1.82, 2.24) is 9.97 Å². The fraction of sp³-hybridized carbons (Fsp3) is 0.583. The van der Waals surface area contributed by atoms with Gasteiger partial charge in [-0.15, -0.1) is 0 Å². The first-order valence-corrected chi connectivity index (χ1v) is 5.89. The molecule has 1 saturated heterocycles. The molecule has 18 heavy (non-hydrogen) atoms. The molecule has 1 aromatic rings. The molecule has 0 aromatic carbocycles. The highest BCUT2D eigenvalue weighted by Gasteiger charge is 2.31. The van der Waals surface area contributed by atoms with Gasteiger partial charge in [-0.1, -0.05) is 0 Å². The topological polar surface area (TPSA) is 75.5 Å². The lowest BCUT2D eigenvalue weighted by atomic mass is 9.95. The van der Waals surface area contributed by atoms with E-state index in [0.717, 1.165) is 19.4 Å². The number of carboxylic acids is 1. The van der Waals surface area contributed by atoms with E-state index in [1.807, 2.05) is 11.8 Å². The highest BCUT2D eigenvalue weighted by Crippen LogP contribution is 2.26. The molecule has 0 amide bonds. The van der Waals surface area contributed by atoms with E-state index < -0.39 is 5.97 Å². The van der Waals surface area contributed by atoms with Gasteiger partial charge < -0.3 is 14.7 Å². The molecule has 1 aromatic heterocycles. The average molecular weight is 251 g/mol. The first kappa shape index (κ1) is 12.8. The molecule has 2 rings (SSSR count). The quantitative estimate of drug-likeness (QED) is 0.869. The molecule has 0 spiro atoms. The SMILES string of the molecule is COC1(C)CCCN(c2cncc(C(=O)O)n2)C1. The van der Waals surface area contributed by atoms with Gasteiger partial charge in [0.25, 0.3) is 0 Å². The molecule has 1 aliphatic heterocycles. The number of ether oxygens (including phenoxy) is 1. The zero-order chi connectivity index (χ0) is 13.2. The minimum atomic E-state index is -1.06. The van der Waals surface area contributed by atoms with E-state index in [9.17, 15) is 4.79 Å². The van der Waals surface area contributed by atoms with Gasteiger partial charge in [0.15, 0.2) is 5.69 Å². The number of aromatic nitrogens is 2. The Morgan fingerprint density at radius 3 is 3.00 bits per heavy atom. The number of carbonyl (C=O) groups is 1. The number of carboxylic acid groups (broad SMARTS) is 1. The third-order valence-corrected chi connectivity index (χ3v) is 3.32. The van der Waals surface area contributed by atoms with Gasteiger partial charge in [-0.25, -0.2) is 9.78 Å². The van der Waals surface area contributed by atoms with Crippen molar-refractivity contribution >= 4 is 11.8 Å². The Labute approximate surface area is 106 Å². The maximum absolute atomic E-state index is 10.9. The number of methoxy groups -OCH3 is 1. The van der Waals surface area contributed by atoms with Gasteiger partial charge in [0.1, 0.15) is 5.82 Å². The van der Waals surface area contributed by atoms with Crippen molar-refractivity contribution in [2.75, 3.05) is 25.1 Å². The normalized spacial score (nSPS) is 24.0. The minimum absolute atomic E-state index is 0.0304. The Balaban J connectivity index is 2.21. The van der Waals surface area contributed by atoms with E-state index in [1.165, 1.54) is 6.20 Å². The number of aromatic carboxylic acids is 1. The van der Waals surface area contributed by atoms with Crippen molar-refractivity contribution in [3.05, 3.63) is 18.1 Å². The molecular formula is C12H17N3O3. The van der Waals surface area contributed by atoms with Crippen LogP contribution in [0.3, 0.4) is 0 Å². The van der Waals surface area contributed by atoms with Gasteiger partial charge in [0.2, 0.25) is 0 Å². The molecule has 1 atom stereocenters. The minimum Gasteiger partial charge on any atom is -0.476 e. The van der Waals surface area contributed by atoms with Gasteiger partial charge in [0.05, 0.1) is 18.0 Å². The number of piperidine rings is 1. The van der Waals surface area contributed by atoms with Crippen molar-refractivity contribution < 1.29 is 14.6 Å². The molecule has 0 bridgehead atoms. The molecule has 98 valence electrons. The van der Waals surface area contributed by atoms with Crippen LogP contribution >= 0.6 is 0 Å². The summed E-state index contributed by atoms with van der Waals surface area (Å²) in [6, 6.07) is 0. The molecule has 2 heterocycles. The van der Waals surface area contributed by atoms with E-state index in [0.29, 0.717) is 12.4 Å². The maximum Gasteiger partial charge on any atom is 0.356 e. The molecule has 1 N–H and O–H groups in total. The molecule has 1 aliphatic rings. The van der Waals surface area contributed by atoms with Crippen molar-refractivity contribution in [2.45, 2.75) is 25.4 Å².